The highest BCUT2D eigenvalue weighted by molar-refractivity contribution is 6.17. The summed E-state index contributed by atoms with van der Waals surface area (Å²) >= 11 is 5.00. The van der Waals surface area contributed by atoms with Crippen LogP contribution in [0.1, 0.15) is 39.0 Å². The second kappa shape index (κ2) is 8.85. The molecule has 0 aromatic rings. The molecule has 3 heteroatoms. The molecular weight excluding hydrogens is 174 g/mol. The normalized spacial score (nSPS) is 17.5. The summed E-state index contributed by atoms with van der Waals surface area (Å²) in [5, 5.41) is 2.80. The SMILES string of the molecule is CCCl.O=CNC1CCCCC1. The molecule has 0 aromatic carbocycles. The number of carbonyl (C=O) groups is 1. The van der Waals surface area contributed by atoms with Crippen molar-refractivity contribution in [2.75, 3.05) is 5.88 Å². The van der Waals surface area contributed by atoms with Gasteiger partial charge in [0.2, 0.25) is 6.41 Å². The summed E-state index contributed by atoms with van der Waals surface area (Å²) in [5.41, 5.74) is 0. The molecule has 1 amide bonds. The van der Waals surface area contributed by atoms with Gasteiger partial charge in [0.1, 0.15) is 0 Å². The molecule has 1 fully saturated rings. The molecular formula is C9H18ClNO. The van der Waals surface area contributed by atoms with Gasteiger partial charge in [0.05, 0.1) is 0 Å². The third kappa shape index (κ3) is 6.47. The van der Waals surface area contributed by atoms with Crippen LogP contribution in [0.2, 0.25) is 0 Å². The Kier molecular flexibility index (Phi) is 8.68. The molecule has 0 aromatic heterocycles. The molecule has 0 unspecified atom stereocenters. The largest absolute Gasteiger partial charge is 0.356 e. The van der Waals surface area contributed by atoms with Crippen LogP contribution in [0.5, 0.6) is 0 Å². The molecule has 0 aliphatic heterocycles. The second-order valence-electron chi connectivity index (χ2n) is 2.89. The van der Waals surface area contributed by atoms with Crippen LogP contribution < -0.4 is 5.32 Å². The Labute approximate surface area is 79.7 Å². The van der Waals surface area contributed by atoms with E-state index < -0.39 is 0 Å². The summed E-state index contributed by atoms with van der Waals surface area (Å²) in [4.78, 5) is 9.96. The van der Waals surface area contributed by atoms with E-state index in [0.29, 0.717) is 6.04 Å². The molecule has 12 heavy (non-hydrogen) atoms. The van der Waals surface area contributed by atoms with Crippen LogP contribution in [0.4, 0.5) is 0 Å². The van der Waals surface area contributed by atoms with Crippen molar-refractivity contribution in [3.8, 4) is 0 Å². The Bertz CT molecular complexity index is 103. The van der Waals surface area contributed by atoms with Gasteiger partial charge in [-0.1, -0.05) is 26.2 Å². The molecule has 1 rings (SSSR count). The van der Waals surface area contributed by atoms with Gasteiger partial charge in [0, 0.05) is 11.9 Å². The maximum absolute atomic E-state index is 9.96. The summed E-state index contributed by atoms with van der Waals surface area (Å²) in [6.45, 7) is 1.89. The van der Waals surface area contributed by atoms with E-state index in [1.165, 1.54) is 32.1 Å². The van der Waals surface area contributed by atoms with Crippen molar-refractivity contribution >= 4 is 18.0 Å². The summed E-state index contributed by atoms with van der Waals surface area (Å²) < 4.78 is 0. The second-order valence-corrected chi connectivity index (χ2v) is 3.42. The summed E-state index contributed by atoms with van der Waals surface area (Å²) in [7, 11) is 0. The van der Waals surface area contributed by atoms with Gasteiger partial charge in [-0.05, 0) is 12.8 Å². The highest BCUT2D eigenvalue weighted by atomic mass is 35.5. The number of rotatable bonds is 2. The number of halogens is 1. The van der Waals surface area contributed by atoms with Gasteiger partial charge >= 0.3 is 0 Å². The van der Waals surface area contributed by atoms with E-state index in [4.69, 9.17) is 11.6 Å². The first-order valence-electron chi connectivity index (χ1n) is 4.60. The van der Waals surface area contributed by atoms with Crippen LogP contribution >= 0.6 is 11.6 Å². The van der Waals surface area contributed by atoms with E-state index in [1.807, 2.05) is 6.92 Å². The summed E-state index contributed by atoms with van der Waals surface area (Å²) in [6, 6.07) is 0.483. The average Bonchev–Trinajstić information content (AvgIpc) is 2.08. The molecule has 0 radical (unpaired) electrons. The molecule has 1 saturated carbocycles. The topological polar surface area (TPSA) is 29.1 Å². The fourth-order valence-electron chi connectivity index (χ4n) is 1.37. The minimum absolute atomic E-state index is 0.483. The number of carbonyl (C=O) groups excluding carboxylic acids is 1. The molecule has 0 saturated heterocycles. The van der Waals surface area contributed by atoms with E-state index in [9.17, 15) is 4.79 Å². The number of nitrogens with one attached hydrogen (secondary N) is 1. The Balaban J connectivity index is 0.000000354. The van der Waals surface area contributed by atoms with Crippen LogP contribution in [-0.4, -0.2) is 18.3 Å². The van der Waals surface area contributed by atoms with Gasteiger partial charge < -0.3 is 5.32 Å². The predicted molar refractivity (Wildman–Crippen MR) is 52.5 cm³/mol. The van der Waals surface area contributed by atoms with Crippen molar-refractivity contribution in [3.63, 3.8) is 0 Å². The minimum Gasteiger partial charge on any atom is -0.356 e. The number of alkyl halides is 1. The maximum atomic E-state index is 9.96. The lowest BCUT2D eigenvalue weighted by Gasteiger charge is -2.19. The first-order valence-corrected chi connectivity index (χ1v) is 5.14. The fraction of sp³-hybridized carbons (Fsp3) is 0.889. The zero-order valence-corrected chi connectivity index (χ0v) is 8.44. The van der Waals surface area contributed by atoms with Gasteiger partial charge in [-0.3, -0.25) is 4.79 Å². The van der Waals surface area contributed by atoms with E-state index >= 15 is 0 Å². The fourth-order valence-corrected chi connectivity index (χ4v) is 1.37. The molecule has 1 aliphatic rings. The number of hydrogen-bond acceptors (Lipinski definition) is 1. The van der Waals surface area contributed by atoms with Crippen molar-refractivity contribution < 1.29 is 4.79 Å². The van der Waals surface area contributed by atoms with Crippen molar-refractivity contribution in [3.05, 3.63) is 0 Å². The lowest BCUT2D eigenvalue weighted by atomic mass is 9.96. The highest BCUT2D eigenvalue weighted by Crippen LogP contribution is 2.16. The number of hydrogen-bond donors (Lipinski definition) is 1. The minimum atomic E-state index is 0.483. The molecule has 2 nitrogen and oxygen atoms in total. The van der Waals surface area contributed by atoms with Gasteiger partial charge in [-0.15, -0.1) is 11.6 Å². The third-order valence-electron chi connectivity index (χ3n) is 1.91. The van der Waals surface area contributed by atoms with Crippen LogP contribution in [-0.2, 0) is 4.79 Å². The molecule has 1 N–H and O–H groups in total. The van der Waals surface area contributed by atoms with Crippen LogP contribution in [0, 0.1) is 0 Å². The quantitative estimate of drug-likeness (QED) is 0.527. The molecule has 72 valence electrons. The Morgan fingerprint density at radius 2 is 1.92 bits per heavy atom. The zero-order chi connectivity index (χ0) is 9.23. The Hall–Kier alpha value is -0.240. The van der Waals surface area contributed by atoms with E-state index in [2.05, 4.69) is 5.32 Å². The average molecular weight is 192 g/mol. The number of amides is 1. The molecule has 0 heterocycles. The van der Waals surface area contributed by atoms with Crippen molar-refractivity contribution in [2.24, 2.45) is 0 Å². The van der Waals surface area contributed by atoms with E-state index in [0.717, 1.165) is 12.3 Å². The Morgan fingerprint density at radius 3 is 2.33 bits per heavy atom. The smallest absolute Gasteiger partial charge is 0.207 e. The highest BCUT2D eigenvalue weighted by Gasteiger charge is 2.10. The van der Waals surface area contributed by atoms with Crippen LogP contribution in [0.3, 0.4) is 0 Å². The lowest BCUT2D eigenvalue weighted by molar-refractivity contribution is -0.110. The van der Waals surface area contributed by atoms with Gasteiger partial charge in [-0.25, -0.2) is 0 Å². The van der Waals surface area contributed by atoms with Gasteiger partial charge in [-0.2, -0.15) is 0 Å². The summed E-state index contributed by atoms with van der Waals surface area (Å²) in [6.07, 6.45) is 7.08. The first kappa shape index (κ1) is 11.8. The zero-order valence-electron chi connectivity index (χ0n) is 7.68. The third-order valence-corrected chi connectivity index (χ3v) is 1.91. The van der Waals surface area contributed by atoms with E-state index in [1.54, 1.807) is 0 Å². The van der Waals surface area contributed by atoms with Gasteiger partial charge in [0.25, 0.3) is 0 Å². The van der Waals surface area contributed by atoms with E-state index in [-0.39, 0.29) is 0 Å². The molecule has 1 aliphatic carbocycles. The predicted octanol–water partition coefficient (Wildman–Crippen LogP) is 2.31. The van der Waals surface area contributed by atoms with Crippen LogP contribution in [0.15, 0.2) is 0 Å². The standard InChI is InChI=1S/C7H13NO.C2H5Cl/c9-6-8-7-4-2-1-3-5-7;1-2-3/h6-7H,1-5H2,(H,8,9);2H2,1H3. The molecule has 0 bridgehead atoms. The monoisotopic (exact) mass is 191 g/mol. The Morgan fingerprint density at radius 1 is 1.42 bits per heavy atom. The van der Waals surface area contributed by atoms with Crippen molar-refractivity contribution in [2.45, 2.75) is 45.1 Å². The molecule has 0 atom stereocenters. The van der Waals surface area contributed by atoms with Crippen molar-refractivity contribution in [1.82, 2.24) is 5.32 Å². The first-order chi connectivity index (χ1) is 5.85. The maximum Gasteiger partial charge on any atom is 0.207 e. The van der Waals surface area contributed by atoms with Gasteiger partial charge in [0.15, 0.2) is 0 Å². The lowest BCUT2D eigenvalue weighted by Crippen LogP contribution is -2.29. The summed E-state index contributed by atoms with van der Waals surface area (Å²) in [5.74, 6) is 0.722. The molecule has 0 spiro atoms. The van der Waals surface area contributed by atoms with Crippen LogP contribution in [0.25, 0.3) is 0 Å². The van der Waals surface area contributed by atoms with Crippen molar-refractivity contribution in [1.29, 1.82) is 0 Å².